The first kappa shape index (κ1) is 12.3. The summed E-state index contributed by atoms with van der Waals surface area (Å²) in [7, 11) is 0. The maximum absolute atomic E-state index is 10.2. The van der Waals surface area contributed by atoms with Gasteiger partial charge in [0.15, 0.2) is 5.84 Å². The molecule has 1 fully saturated rings. The molecular weight excluding hydrogens is 194 g/mol. The summed E-state index contributed by atoms with van der Waals surface area (Å²) in [5, 5.41) is 24.4. The molecule has 0 spiro atoms. The Bertz CT molecular complexity index is 233. The third-order valence-corrected chi connectivity index (χ3v) is 2.96. The SMILES string of the molecule is CC1CCCC(O)(CNCC(N)=NO)C1. The van der Waals surface area contributed by atoms with Gasteiger partial charge in [0.1, 0.15) is 0 Å². The third kappa shape index (κ3) is 4.05. The van der Waals surface area contributed by atoms with Crippen LogP contribution >= 0.6 is 0 Å². The normalized spacial score (nSPS) is 32.9. The Balaban J connectivity index is 2.29. The summed E-state index contributed by atoms with van der Waals surface area (Å²) in [5.41, 5.74) is 4.70. The lowest BCUT2D eigenvalue weighted by atomic mass is 9.79. The van der Waals surface area contributed by atoms with Crippen LogP contribution in [0.4, 0.5) is 0 Å². The smallest absolute Gasteiger partial charge is 0.153 e. The molecule has 2 unspecified atom stereocenters. The molecule has 1 aliphatic carbocycles. The topological polar surface area (TPSA) is 90.9 Å². The van der Waals surface area contributed by atoms with Gasteiger partial charge in [-0.25, -0.2) is 0 Å². The molecule has 0 amide bonds. The number of amidine groups is 1. The molecule has 0 bridgehead atoms. The minimum atomic E-state index is -0.618. The highest BCUT2D eigenvalue weighted by Gasteiger charge is 2.31. The number of nitrogens with zero attached hydrogens (tertiary/aromatic N) is 1. The Hall–Kier alpha value is -0.810. The predicted octanol–water partition coefficient (Wildman–Crippen LogP) is 0.264. The summed E-state index contributed by atoms with van der Waals surface area (Å²) in [6.07, 6.45) is 3.93. The Kier molecular flexibility index (Phi) is 4.35. The molecule has 0 heterocycles. The highest BCUT2D eigenvalue weighted by Crippen LogP contribution is 2.31. The van der Waals surface area contributed by atoms with Crippen LogP contribution in [-0.2, 0) is 0 Å². The van der Waals surface area contributed by atoms with E-state index in [1.807, 2.05) is 0 Å². The van der Waals surface area contributed by atoms with Gasteiger partial charge in [0, 0.05) is 6.54 Å². The van der Waals surface area contributed by atoms with Gasteiger partial charge in [-0.3, -0.25) is 0 Å². The van der Waals surface area contributed by atoms with E-state index in [0.29, 0.717) is 19.0 Å². The van der Waals surface area contributed by atoms with Crippen molar-refractivity contribution in [1.29, 1.82) is 0 Å². The number of hydrogen-bond donors (Lipinski definition) is 4. The first-order valence-electron chi connectivity index (χ1n) is 5.45. The molecular formula is C10H21N3O2. The first-order chi connectivity index (χ1) is 7.06. The maximum atomic E-state index is 10.2. The largest absolute Gasteiger partial charge is 0.409 e. The number of aliphatic hydroxyl groups is 1. The van der Waals surface area contributed by atoms with Gasteiger partial charge in [-0.2, -0.15) is 0 Å². The van der Waals surface area contributed by atoms with Crippen LogP contribution in [-0.4, -0.2) is 34.8 Å². The number of nitrogens with two attached hydrogens (primary N) is 1. The van der Waals surface area contributed by atoms with Crippen LogP contribution in [0.5, 0.6) is 0 Å². The van der Waals surface area contributed by atoms with Gasteiger partial charge in [-0.1, -0.05) is 24.9 Å². The average molecular weight is 215 g/mol. The fraction of sp³-hybridized carbons (Fsp3) is 0.900. The van der Waals surface area contributed by atoms with Gasteiger partial charge in [0.25, 0.3) is 0 Å². The van der Waals surface area contributed by atoms with Crippen molar-refractivity contribution in [3.63, 3.8) is 0 Å². The fourth-order valence-corrected chi connectivity index (χ4v) is 2.25. The van der Waals surface area contributed by atoms with Crippen molar-refractivity contribution >= 4 is 5.84 Å². The van der Waals surface area contributed by atoms with E-state index in [1.54, 1.807) is 0 Å². The van der Waals surface area contributed by atoms with Gasteiger partial charge in [-0.05, 0) is 18.8 Å². The zero-order valence-electron chi connectivity index (χ0n) is 9.24. The molecule has 2 atom stereocenters. The zero-order chi connectivity index (χ0) is 11.3. The molecule has 0 aromatic rings. The van der Waals surface area contributed by atoms with E-state index in [1.165, 1.54) is 6.42 Å². The Labute approximate surface area is 90.3 Å². The van der Waals surface area contributed by atoms with Crippen LogP contribution in [0, 0.1) is 5.92 Å². The van der Waals surface area contributed by atoms with Crippen LogP contribution in [0.15, 0.2) is 5.16 Å². The molecule has 0 aliphatic heterocycles. The van der Waals surface area contributed by atoms with E-state index in [9.17, 15) is 5.11 Å². The standard InChI is InChI=1S/C10H21N3O2/c1-8-3-2-4-10(14,5-8)7-12-6-9(11)13-15/h8,12,14-15H,2-7H2,1H3,(H2,11,13). The molecule has 1 saturated carbocycles. The fourth-order valence-electron chi connectivity index (χ4n) is 2.25. The van der Waals surface area contributed by atoms with Crippen molar-refractivity contribution in [2.24, 2.45) is 16.8 Å². The summed E-state index contributed by atoms with van der Waals surface area (Å²) in [6.45, 7) is 2.98. The first-order valence-corrected chi connectivity index (χ1v) is 5.45. The van der Waals surface area contributed by atoms with E-state index in [2.05, 4.69) is 17.4 Å². The van der Waals surface area contributed by atoms with Crippen molar-refractivity contribution in [3.8, 4) is 0 Å². The van der Waals surface area contributed by atoms with Crippen molar-refractivity contribution in [2.45, 2.75) is 38.2 Å². The summed E-state index contributed by atoms with van der Waals surface area (Å²) in [4.78, 5) is 0. The molecule has 15 heavy (non-hydrogen) atoms. The molecule has 0 aromatic heterocycles. The molecule has 88 valence electrons. The minimum absolute atomic E-state index is 0.141. The molecule has 5 heteroatoms. The maximum Gasteiger partial charge on any atom is 0.153 e. The zero-order valence-corrected chi connectivity index (χ0v) is 9.24. The van der Waals surface area contributed by atoms with Crippen LogP contribution in [0.25, 0.3) is 0 Å². The quantitative estimate of drug-likeness (QED) is 0.234. The molecule has 0 aromatic carbocycles. The Morgan fingerprint density at radius 3 is 3.00 bits per heavy atom. The Morgan fingerprint density at radius 1 is 1.67 bits per heavy atom. The van der Waals surface area contributed by atoms with Crippen LogP contribution in [0.1, 0.15) is 32.6 Å². The second-order valence-electron chi connectivity index (χ2n) is 4.62. The van der Waals surface area contributed by atoms with Gasteiger partial charge in [0.05, 0.1) is 12.1 Å². The molecule has 5 N–H and O–H groups in total. The lowest BCUT2D eigenvalue weighted by Gasteiger charge is -2.35. The third-order valence-electron chi connectivity index (χ3n) is 2.96. The lowest BCUT2D eigenvalue weighted by Crippen LogP contribution is -2.46. The summed E-state index contributed by atoms with van der Waals surface area (Å²) in [6, 6.07) is 0. The van der Waals surface area contributed by atoms with Gasteiger partial charge < -0.3 is 21.4 Å². The molecule has 0 saturated heterocycles. The van der Waals surface area contributed by atoms with E-state index in [-0.39, 0.29) is 5.84 Å². The Morgan fingerprint density at radius 2 is 2.40 bits per heavy atom. The summed E-state index contributed by atoms with van der Waals surface area (Å²) >= 11 is 0. The highest BCUT2D eigenvalue weighted by atomic mass is 16.4. The number of hydrogen-bond acceptors (Lipinski definition) is 4. The van der Waals surface area contributed by atoms with Crippen LogP contribution < -0.4 is 11.1 Å². The number of oxime groups is 1. The predicted molar refractivity (Wildman–Crippen MR) is 58.9 cm³/mol. The van der Waals surface area contributed by atoms with Crippen molar-refractivity contribution in [1.82, 2.24) is 5.32 Å². The number of nitrogens with one attached hydrogen (secondary N) is 1. The monoisotopic (exact) mass is 215 g/mol. The number of rotatable bonds is 4. The van der Waals surface area contributed by atoms with Gasteiger partial charge >= 0.3 is 0 Å². The molecule has 0 radical (unpaired) electrons. The van der Waals surface area contributed by atoms with E-state index in [0.717, 1.165) is 19.3 Å². The highest BCUT2D eigenvalue weighted by molar-refractivity contribution is 5.81. The molecule has 1 rings (SSSR count). The van der Waals surface area contributed by atoms with E-state index < -0.39 is 5.60 Å². The summed E-state index contributed by atoms with van der Waals surface area (Å²) < 4.78 is 0. The molecule has 1 aliphatic rings. The average Bonchev–Trinajstić information content (AvgIpc) is 2.16. The summed E-state index contributed by atoms with van der Waals surface area (Å²) in [5.74, 6) is 0.719. The van der Waals surface area contributed by atoms with Gasteiger partial charge in [0.2, 0.25) is 0 Å². The molecule has 5 nitrogen and oxygen atoms in total. The minimum Gasteiger partial charge on any atom is -0.409 e. The van der Waals surface area contributed by atoms with E-state index in [4.69, 9.17) is 10.9 Å². The van der Waals surface area contributed by atoms with Crippen molar-refractivity contribution in [2.75, 3.05) is 13.1 Å². The van der Waals surface area contributed by atoms with Crippen molar-refractivity contribution in [3.05, 3.63) is 0 Å². The second-order valence-corrected chi connectivity index (χ2v) is 4.62. The lowest BCUT2D eigenvalue weighted by molar-refractivity contribution is -0.0107. The van der Waals surface area contributed by atoms with E-state index >= 15 is 0 Å². The second kappa shape index (κ2) is 5.32. The van der Waals surface area contributed by atoms with Crippen molar-refractivity contribution < 1.29 is 10.3 Å². The van der Waals surface area contributed by atoms with Gasteiger partial charge in [-0.15, -0.1) is 0 Å². The van der Waals surface area contributed by atoms with Crippen LogP contribution in [0.2, 0.25) is 0 Å². The van der Waals surface area contributed by atoms with Crippen LogP contribution in [0.3, 0.4) is 0 Å².